The molecule has 0 radical (unpaired) electrons. The lowest BCUT2D eigenvalue weighted by molar-refractivity contribution is -0.123. The van der Waals surface area contributed by atoms with Gasteiger partial charge in [0.15, 0.2) is 18.1 Å². The topological polar surface area (TPSA) is 78.4 Å². The van der Waals surface area contributed by atoms with E-state index in [2.05, 4.69) is 10.5 Å². The first-order valence-electron chi connectivity index (χ1n) is 7.47. The van der Waals surface area contributed by atoms with E-state index in [1.165, 1.54) is 13.3 Å². The van der Waals surface area contributed by atoms with Crippen molar-refractivity contribution in [3.05, 3.63) is 48.0 Å². The molecule has 7 heteroatoms. The van der Waals surface area contributed by atoms with Gasteiger partial charge in [-0.05, 0) is 36.4 Å². The lowest BCUT2D eigenvalue weighted by Crippen LogP contribution is -2.24. The van der Waals surface area contributed by atoms with Gasteiger partial charge in [-0.2, -0.15) is 5.10 Å². The number of carbonyl (C=O) groups excluding carboxylic acids is 1. The molecular formula is C18H20N2O5. The Labute approximate surface area is 146 Å². The molecule has 0 spiro atoms. The predicted octanol–water partition coefficient (Wildman–Crippen LogP) is 2.24. The molecule has 0 saturated heterocycles. The summed E-state index contributed by atoms with van der Waals surface area (Å²) >= 11 is 0. The van der Waals surface area contributed by atoms with E-state index in [4.69, 9.17) is 18.9 Å². The zero-order valence-electron chi connectivity index (χ0n) is 14.3. The average Bonchev–Trinajstić information content (AvgIpc) is 2.66. The molecule has 2 rings (SSSR count). The van der Waals surface area contributed by atoms with Crippen LogP contribution in [0.15, 0.2) is 47.6 Å². The highest BCUT2D eigenvalue weighted by Gasteiger charge is 2.07. The highest BCUT2D eigenvalue weighted by molar-refractivity contribution is 5.86. The van der Waals surface area contributed by atoms with Crippen LogP contribution < -0.4 is 24.4 Å². The predicted molar refractivity (Wildman–Crippen MR) is 93.8 cm³/mol. The van der Waals surface area contributed by atoms with Gasteiger partial charge in [0.25, 0.3) is 5.91 Å². The number of nitrogens with one attached hydrogen (secondary N) is 1. The Morgan fingerprint density at radius 3 is 2.36 bits per heavy atom. The first kappa shape index (κ1) is 18.1. The fourth-order valence-corrected chi connectivity index (χ4v) is 2.04. The van der Waals surface area contributed by atoms with E-state index < -0.39 is 0 Å². The summed E-state index contributed by atoms with van der Waals surface area (Å²) in [6, 6.07) is 12.3. The molecule has 2 aromatic carbocycles. The average molecular weight is 344 g/mol. The third kappa shape index (κ3) is 5.13. The first-order chi connectivity index (χ1) is 12.2. The number of amides is 1. The summed E-state index contributed by atoms with van der Waals surface area (Å²) in [5.41, 5.74) is 3.08. The molecule has 0 atom stereocenters. The maximum atomic E-state index is 11.8. The van der Waals surface area contributed by atoms with E-state index in [1.807, 2.05) is 0 Å². The van der Waals surface area contributed by atoms with Crippen molar-refractivity contribution >= 4 is 12.1 Å². The van der Waals surface area contributed by atoms with Crippen LogP contribution in [0.25, 0.3) is 0 Å². The zero-order chi connectivity index (χ0) is 18.1. The van der Waals surface area contributed by atoms with Gasteiger partial charge >= 0.3 is 0 Å². The Bertz CT molecular complexity index is 729. The second-order valence-electron chi connectivity index (χ2n) is 4.84. The molecule has 1 amide bonds. The molecule has 0 fully saturated rings. The summed E-state index contributed by atoms with van der Waals surface area (Å²) in [6.07, 6.45) is 1.48. The number of hydrogen-bond donors (Lipinski definition) is 1. The molecule has 0 aromatic heterocycles. The summed E-state index contributed by atoms with van der Waals surface area (Å²) < 4.78 is 20.9. The Morgan fingerprint density at radius 1 is 1.00 bits per heavy atom. The maximum Gasteiger partial charge on any atom is 0.277 e. The molecule has 0 saturated carbocycles. The van der Waals surface area contributed by atoms with Gasteiger partial charge in [-0.25, -0.2) is 5.43 Å². The van der Waals surface area contributed by atoms with Crippen LogP contribution in [-0.2, 0) is 4.79 Å². The molecule has 0 aliphatic heterocycles. The standard InChI is InChI=1S/C18H20N2O5/c1-22-14-7-9-15(10-8-14)25-12-17(21)20-19-11-13-5-4-6-16(23-2)18(13)24-3/h4-11H,12H2,1-3H3,(H,20,21)/b19-11-. The Kier molecular flexibility index (Phi) is 6.65. The van der Waals surface area contributed by atoms with Crippen LogP contribution in [0.1, 0.15) is 5.56 Å². The van der Waals surface area contributed by atoms with Gasteiger partial charge in [0.2, 0.25) is 0 Å². The van der Waals surface area contributed by atoms with Crippen molar-refractivity contribution in [1.29, 1.82) is 0 Å². The van der Waals surface area contributed by atoms with Crippen molar-refractivity contribution in [3.8, 4) is 23.0 Å². The van der Waals surface area contributed by atoms with Crippen molar-refractivity contribution in [2.45, 2.75) is 0 Å². The minimum absolute atomic E-state index is 0.154. The number of ether oxygens (including phenoxy) is 4. The molecule has 0 unspecified atom stereocenters. The minimum Gasteiger partial charge on any atom is -0.497 e. The number of rotatable bonds is 8. The van der Waals surface area contributed by atoms with Crippen LogP contribution in [0, 0.1) is 0 Å². The van der Waals surface area contributed by atoms with Crippen molar-refractivity contribution in [3.63, 3.8) is 0 Å². The molecule has 1 N–H and O–H groups in total. The van der Waals surface area contributed by atoms with Gasteiger partial charge < -0.3 is 18.9 Å². The minimum atomic E-state index is -0.381. The zero-order valence-corrected chi connectivity index (χ0v) is 14.3. The molecule has 2 aromatic rings. The van der Waals surface area contributed by atoms with E-state index in [0.717, 1.165) is 0 Å². The van der Waals surface area contributed by atoms with Crippen LogP contribution in [0.4, 0.5) is 0 Å². The summed E-state index contributed by atoms with van der Waals surface area (Å²) in [6.45, 7) is -0.154. The molecule has 25 heavy (non-hydrogen) atoms. The van der Waals surface area contributed by atoms with Gasteiger partial charge in [-0.1, -0.05) is 6.07 Å². The number of methoxy groups -OCH3 is 3. The van der Waals surface area contributed by atoms with Crippen molar-refractivity contribution in [2.75, 3.05) is 27.9 Å². The number of carbonyl (C=O) groups is 1. The van der Waals surface area contributed by atoms with E-state index >= 15 is 0 Å². The maximum absolute atomic E-state index is 11.8. The smallest absolute Gasteiger partial charge is 0.277 e. The normalized spacial score (nSPS) is 10.4. The van der Waals surface area contributed by atoms with Crippen LogP contribution in [-0.4, -0.2) is 40.1 Å². The number of hydrogen-bond acceptors (Lipinski definition) is 6. The summed E-state index contributed by atoms with van der Waals surface area (Å²) in [7, 11) is 4.67. The third-order valence-electron chi connectivity index (χ3n) is 3.26. The van der Waals surface area contributed by atoms with Crippen LogP contribution in [0.2, 0.25) is 0 Å². The Balaban J connectivity index is 1.88. The second kappa shape index (κ2) is 9.17. The van der Waals surface area contributed by atoms with Gasteiger partial charge in [0.05, 0.1) is 27.5 Å². The lowest BCUT2D eigenvalue weighted by Gasteiger charge is -2.09. The monoisotopic (exact) mass is 344 g/mol. The highest BCUT2D eigenvalue weighted by atomic mass is 16.5. The van der Waals surface area contributed by atoms with Crippen molar-refractivity contribution in [2.24, 2.45) is 5.10 Å². The highest BCUT2D eigenvalue weighted by Crippen LogP contribution is 2.29. The number of nitrogens with zero attached hydrogens (tertiary/aromatic N) is 1. The third-order valence-corrected chi connectivity index (χ3v) is 3.26. The number of para-hydroxylation sites is 1. The number of hydrazone groups is 1. The van der Waals surface area contributed by atoms with Crippen LogP contribution >= 0.6 is 0 Å². The lowest BCUT2D eigenvalue weighted by atomic mass is 10.2. The molecule has 0 heterocycles. The van der Waals surface area contributed by atoms with Gasteiger partial charge in [0, 0.05) is 5.56 Å². The van der Waals surface area contributed by atoms with Crippen LogP contribution in [0.5, 0.6) is 23.0 Å². The Hall–Kier alpha value is -3.22. The van der Waals surface area contributed by atoms with E-state index in [9.17, 15) is 4.79 Å². The molecule has 7 nitrogen and oxygen atoms in total. The van der Waals surface area contributed by atoms with E-state index in [-0.39, 0.29) is 12.5 Å². The summed E-state index contributed by atoms with van der Waals surface area (Å²) in [4.78, 5) is 11.8. The largest absolute Gasteiger partial charge is 0.497 e. The van der Waals surface area contributed by atoms with Gasteiger partial charge in [-0.3, -0.25) is 4.79 Å². The van der Waals surface area contributed by atoms with Crippen LogP contribution in [0.3, 0.4) is 0 Å². The van der Waals surface area contributed by atoms with E-state index in [1.54, 1.807) is 56.7 Å². The van der Waals surface area contributed by atoms with Crippen molar-refractivity contribution < 1.29 is 23.7 Å². The molecule has 0 aliphatic rings. The van der Waals surface area contributed by atoms with Crippen molar-refractivity contribution in [1.82, 2.24) is 5.43 Å². The number of benzene rings is 2. The SMILES string of the molecule is COc1ccc(OCC(=O)N/N=C\c2cccc(OC)c2OC)cc1. The quantitative estimate of drug-likeness (QED) is 0.587. The Morgan fingerprint density at radius 2 is 1.72 bits per heavy atom. The molecular weight excluding hydrogens is 324 g/mol. The second-order valence-corrected chi connectivity index (χ2v) is 4.84. The molecule has 0 bridgehead atoms. The first-order valence-corrected chi connectivity index (χ1v) is 7.47. The fourth-order valence-electron chi connectivity index (χ4n) is 2.04. The molecule has 132 valence electrons. The molecule has 0 aliphatic carbocycles. The van der Waals surface area contributed by atoms with Gasteiger partial charge in [0.1, 0.15) is 11.5 Å². The summed E-state index contributed by atoms with van der Waals surface area (Å²) in [5.74, 6) is 2.02. The summed E-state index contributed by atoms with van der Waals surface area (Å²) in [5, 5.41) is 3.91. The van der Waals surface area contributed by atoms with E-state index in [0.29, 0.717) is 28.6 Å². The fraction of sp³-hybridized carbons (Fsp3) is 0.222. The van der Waals surface area contributed by atoms with Gasteiger partial charge in [-0.15, -0.1) is 0 Å².